The van der Waals surface area contributed by atoms with Crippen LogP contribution in [0, 0.1) is 11.3 Å². The van der Waals surface area contributed by atoms with Crippen LogP contribution in [-0.4, -0.2) is 12.1 Å². The predicted molar refractivity (Wildman–Crippen MR) is 57.6 cm³/mol. The minimum atomic E-state index is 0.320. The molecule has 0 fully saturated rings. The summed E-state index contributed by atoms with van der Waals surface area (Å²) in [6.45, 7) is 0. The highest BCUT2D eigenvalue weighted by Gasteiger charge is 2.06. The Hall–Kier alpha value is -2.08. The van der Waals surface area contributed by atoms with E-state index in [4.69, 9.17) is 10.00 Å². The van der Waals surface area contributed by atoms with Crippen molar-refractivity contribution in [1.29, 1.82) is 5.26 Å². The van der Waals surface area contributed by atoms with Gasteiger partial charge in [-0.05, 0) is 12.1 Å². The van der Waals surface area contributed by atoms with Gasteiger partial charge in [-0.25, -0.2) is 4.98 Å². The number of ether oxygens (including phenoxy) is 1. The smallest absolute Gasteiger partial charge is 0.217 e. The van der Waals surface area contributed by atoms with E-state index in [9.17, 15) is 0 Å². The number of nitrogens with zero attached hydrogens (tertiary/aromatic N) is 2. The number of nitriles is 1. The summed E-state index contributed by atoms with van der Waals surface area (Å²) in [5.74, 6) is 0.537. The Morgan fingerprint density at radius 3 is 2.93 bits per heavy atom. The number of fused-ring (bicyclic) bond motifs is 1. The van der Waals surface area contributed by atoms with Crippen molar-refractivity contribution in [2.24, 2.45) is 0 Å². The molecule has 1 heterocycles. The lowest BCUT2D eigenvalue weighted by Gasteiger charge is -2.06. The molecule has 0 aliphatic carbocycles. The number of hydrogen-bond donors (Lipinski definition) is 0. The van der Waals surface area contributed by atoms with Gasteiger partial charge in [-0.3, -0.25) is 0 Å². The van der Waals surface area contributed by atoms with Crippen molar-refractivity contribution < 1.29 is 4.74 Å². The average Bonchev–Trinajstić information content (AvgIpc) is 2.28. The topological polar surface area (TPSA) is 45.9 Å². The Kier molecular flexibility index (Phi) is 2.51. The fourth-order valence-electron chi connectivity index (χ4n) is 1.53. The largest absolute Gasteiger partial charge is 0.481 e. The van der Waals surface area contributed by atoms with Crippen molar-refractivity contribution >= 4 is 10.9 Å². The molecule has 0 saturated carbocycles. The van der Waals surface area contributed by atoms with Gasteiger partial charge in [0.15, 0.2) is 0 Å². The zero-order chi connectivity index (χ0) is 10.7. The van der Waals surface area contributed by atoms with Crippen molar-refractivity contribution in [2.45, 2.75) is 6.42 Å². The van der Waals surface area contributed by atoms with Crippen molar-refractivity contribution in [1.82, 2.24) is 4.98 Å². The molecule has 1 aromatic carbocycles. The molecular formula is C12H10N2O. The van der Waals surface area contributed by atoms with E-state index in [-0.39, 0.29) is 0 Å². The van der Waals surface area contributed by atoms with Crippen LogP contribution in [0.1, 0.15) is 5.56 Å². The van der Waals surface area contributed by atoms with Gasteiger partial charge in [0.2, 0.25) is 5.88 Å². The molecule has 0 aliphatic rings. The second-order valence-electron chi connectivity index (χ2n) is 3.18. The molecule has 15 heavy (non-hydrogen) atoms. The Morgan fingerprint density at radius 2 is 2.20 bits per heavy atom. The van der Waals surface area contributed by atoms with Crippen LogP contribution in [0.25, 0.3) is 10.9 Å². The van der Waals surface area contributed by atoms with E-state index in [1.54, 1.807) is 7.11 Å². The number of hydrogen-bond acceptors (Lipinski definition) is 3. The fraction of sp³-hybridized carbons (Fsp3) is 0.167. The first-order valence-electron chi connectivity index (χ1n) is 4.65. The van der Waals surface area contributed by atoms with Crippen LogP contribution in [-0.2, 0) is 6.42 Å². The standard InChI is InChI=1S/C12H10N2O/c1-15-12-10(6-7-13)8-9-4-2-3-5-11(9)14-12/h2-5,8H,6H2,1H3. The first-order valence-corrected chi connectivity index (χ1v) is 4.65. The van der Waals surface area contributed by atoms with Crippen LogP contribution in [0.4, 0.5) is 0 Å². The lowest BCUT2D eigenvalue weighted by Crippen LogP contribution is -1.95. The van der Waals surface area contributed by atoms with Gasteiger partial charge in [0, 0.05) is 10.9 Å². The van der Waals surface area contributed by atoms with Gasteiger partial charge >= 0.3 is 0 Å². The molecule has 0 spiro atoms. The highest BCUT2D eigenvalue weighted by Crippen LogP contribution is 2.22. The molecule has 0 saturated heterocycles. The van der Waals surface area contributed by atoms with Gasteiger partial charge in [0.25, 0.3) is 0 Å². The maximum Gasteiger partial charge on any atom is 0.217 e. The van der Waals surface area contributed by atoms with Gasteiger partial charge < -0.3 is 4.74 Å². The van der Waals surface area contributed by atoms with E-state index >= 15 is 0 Å². The van der Waals surface area contributed by atoms with Crippen LogP contribution in [0.15, 0.2) is 30.3 Å². The summed E-state index contributed by atoms with van der Waals surface area (Å²) in [7, 11) is 1.57. The zero-order valence-corrected chi connectivity index (χ0v) is 8.40. The Morgan fingerprint density at radius 1 is 1.40 bits per heavy atom. The van der Waals surface area contributed by atoms with Gasteiger partial charge in [-0.15, -0.1) is 0 Å². The highest BCUT2D eigenvalue weighted by molar-refractivity contribution is 5.80. The number of para-hydroxylation sites is 1. The van der Waals surface area contributed by atoms with E-state index in [2.05, 4.69) is 11.1 Å². The second kappa shape index (κ2) is 3.97. The average molecular weight is 198 g/mol. The first kappa shape index (κ1) is 9.47. The fourth-order valence-corrected chi connectivity index (χ4v) is 1.53. The summed E-state index contributed by atoms with van der Waals surface area (Å²) in [5.41, 5.74) is 1.72. The van der Waals surface area contributed by atoms with Crippen LogP contribution in [0.3, 0.4) is 0 Å². The molecular weight excluding hydrogens is 188 g/mol. The molecule has 3 heteroatoms. The molecule has 0 atom stereocenters. The third kappa shape index (κ3) is 1.75. The summed E-state index contributed by atoms with van der Waals surface area (Å²) in [6, 6.07) is 11.8. The van der Waals surface area contributed by atoms with E-state index in [1.165, 1.54) is 0 Å². The van der Waals surface area contributed by atoms with Crippen molar-refractivity contribution in [3.05, 3.63) is 35.9 Å². The van der Waals surface area contributed by atoms with E-state index in [0.717, 1.165) is 16.5 Å². The lowest BCUT2D eigenvalue weighted by molar-refractivity contribution is 0.395. The Balaban J connectivity index is 2.64. The third-order valence-electron chi connectivity index (χ3n) is 2.23. The summed E-state index contributed by atoms with van der Waals surface area (Å²) in [6.07, 6.45) is 0.320. The monoisotopic (exact) mass is 198 g/mol. The normalized spacial score (nSPS) is 9.87. The maximum absolute atomic E-state index is 8.68. The number of benzene rings is 1. The number of methoxy groups -OCH3 is 1. The molecule has 0 N–H and O–H groups in total. The van der Waals surface area contributed by atoms with E-state index < -0.39 is 0 Å². The Bertz CT molecular complexity index is 529. The molecule has 2 aromatic rings. The summed E-state index contributed by atoms with van der Waals surface area (Å²) >= 11 is 0. The molecule has 0 amide bonds. The van der Waals surface area contributed by atoms with Gasteiger partial charge in [0.05, 0.1) is 25.1 Å². The molecule has 0 bridgehead atoms. The predicted octanol–water partition coefficient (Wildman–Crippen LogP) is 2.31. The number of aromatic nitrogens is 1. The minimum Gasteiger partial charge on any atom is -0.481 e. The molecule has 0 aliphatic heterocycles. The van der Waals surface area contributed by atoms with E-state index in [1.807, 2.05) is 30.3 Å². The van der Waals surface area contributed by atoms with Crippen molar-refractivity contribution in [3.63, 3.8) is 0 Å². The summed E-state index contributed by atoms with van der Waals surface area (Å²) in [5, 5.41) is 9.71. The van der Waals surface area contributed by atoms with Crippen molar-refractivity contribution in [2.75, 3.05) is 7.11 Å². The second-order valence-corrected chi connectivity index (χ2v) is 3.18. The SMILES string of the molecule is COc1nc2ccccc2cc1CC#N. The van der Waals surface area contributed by atoms with Crippen LogP contribution >= 0.6 is 0 Å². The Labute approximate surface area is 87.9 Å². The van der Waals surface area contributed by atoms with Gasteiger partial charge in [-0.1, -0.05) is 18.2 Å². The third-order valence-corrected chi connectivity index (χ3v) is 2.23. The number of pyridine rings is 1. The molecule has 3 nitrogen and oxygen atoms in total. The van der Waals surface area contributed by atoms with Crippen molar-refractivity contribution in [3.8, 4) is 11.9 Å². The quantitative estimate of drug-likeness (QED) is 0.743. The minimum absolute atomic E-state index is 0.320. The van der Waals surface area contributed by atoms with Crippen LogP contribution in [0.5, 0.6) is 5.88 Å². The van der Waals surface area contributed by atoms with Gasteiger partial charge in [0.1, 0.15) is 0 Å². The van der Waals surface area contributed by atoms with Gasteiger partial charge in [-0.2, -0.15) is 5.26 Å². The molecule has 0 radical (unpaired) electrons. The zero-order valence-electron chi connectivity index (χ0n) is 8.40. The summed E-state index contributed by atoms with van der Waals surface area (Å²) < 4.78 is 5.14. The van der Waals surface area contributed by atoms with Crippen LogP contribution in [0.2, 0.25) is 0 Å². The maximum atomic E-state index is 8.68. The summed E-state index contributed by atoms with van der Waals surface area (Å²) in [4.78, 5) is 4.34. The molecule has 74 valence electrons. The molecule has 0 unspecified atom stereocenters. The highest BCUT2D eigenvalue weighted by atomic mass is 16.5. The lowest BCUT2D eigenvalue weighted by atomic mass is 10.1. The number of rotatable bonds is 2. The molecule has 1 aromatic heterocycles. The molecule has 2 rings (SSSR count). The first-order chi connectivity index (χ1) is 7.35. The van der Waals surface area contributed by atoms with Crippen LogP contribution < -0.4 is 4.74 Å². The van der Waals surface area contributed by atoms with E-state index in [0.29, 0.717) is 12.3 Å².